The predicted octanol–water partition coefficient (Wildman–Crippen LogP) is 5.03. The fraction of sp³-hybridized carbons (Fsp3) is 0.308. The van der Waals surface area contributed by atoms with Crippen LogP contribution in [-0.2, 0) is 11.3 Å². The lowest BCUT2D eigenvalue weighted by atomic mass is 10.00. The molecule has 2 aliphatic heterocycles. The third kappa shape index (κ3) is 4.70. The van der Waals surface area contributed by atoms with Gasteiger partial charge in [0.1, 0.15) is 5.82 Å². The van der Waals surface area contributed by atoms with Crippen molar-refractivity contribution in [3.8, 4) is 11.3 Å². The molecule has 1 fully saturated rings. The number of benzene rings is 2. The summed E-state index contributed by atoms with van der Waals surface area (Å²) in [5.41, 5.74) is 3.27. The number of aromatic nitrogens is 2. The number of likely N-dealkylation sites (tertiary alicyclic amines) is 1. The number of halogens is 2. The van der Waals surface area contributed by atoms with Gasteiger partial charge >= 0.3 is 6.03 Å². The van der Waals surface area contributed by atoms with Crippen LogP contribution in [0.25, 0.3) is 11.3 Å². The van der Waals surface area contributed by atoms with Crippen LogP contribution in [0.4, 0.5) is 26.6 Å². The second kappa shape index (κ2) is 10.1. The lowest BCUT2D eigenvalue weighted by Crippen LogP contribution is -2.42. The van der Waals surface area contributed by atoms with Gasteiger partial charge < -0.3 is 15.5 Å². The van der Waals surface area contributed by atoms with Crippen LogP contribution in [0.2, 0.25) is 5.02 Å². The van der Waals surface area contributed by atoms with Crippen LogP contribution < -0.4 is 15.5 Å². The summed E-state index contributed by atoms with van der Waals surface area (Å²) in [6.07, 6.45) is 2.24. The van der Waals surface area contributed by atoms with Crippen LogP contribution in [0.5, 0.6) is 0 Å². The fourth-order valence-electron chi connectivity index (χ4n) is 4.62. The van der Waals surface area contributed by atoms with E-state index < -0.39 is 0 Å². The van der Waals surface area contributed by atoms with Crippen molar-refractivity contribution < 1.29 is 14.0 Å². The maximum absolute atomic E-state index is 13.9. The molecule has 2 N–H and O–H groups in total. The Labute approximate surface area is 213 Å². The van der Waals surface area contributed by atoms with Crippen LogP contribution in [0, 0.1) is 12.7 Å². The first-order chi connectivity index (χ1) is 17.4. The molecule has 0 saturated carbocycles. The summed E-state index contributed by atoms with van der Waals surface area (Å²) in [7, 11) is 0. The Morgan fingerprint density at radius 1 is 1.17 bits per heavy atom. The normalized spacial score (nSPS) is 15.2. The van der Waals surface area contributed by atoms with Crippen molar-refractivity contribution in [3.05, 3.63) is 64.4 Å². The highest BCUT2D eigenvalue weighted by Crippen LogP contribution is 2.39. The van der Waals surface area contributed by atoms with E-state index in [4.69, 9.17) is 21.6 Å². The summed E-state index contributed by atoms with van der Waals surface area (Å²) < 4.78 is 13.9. The minimum absolute atomic E-state index is 0.190. The van der Waals surface area contributed by atoms with E-state index in [9.17, 15) is 14.0 Å². The molecule has 0 bridgehead atoms. The first kappa shape index (κ1) is 24.0. The van der Waals surface area contributed by atoms with E-state index in [1.807, 2.05) is 11.8 Å². The SMILES string of the molecule is Cc1cc(F)ccc1-c1nc(NCCCN2CCCC2=O)nc2c1CNC(=O)N2c1ccccc1Cl. The van der Waals surface area contributed by atoms with Gasteiger partial charge in [-0.15, -0.1) is 0 Å². The molecule has 3 amide bonds. The molecule has 8 nitrogen and oxygen atoms in total. The first-order valence-electron chi connectivity index (χ1n) is 11.9. The summed E-state index contributed by atoms with van der Waals surface area (Å²) >= 11 is 6.45. The van der Waals surface area contributed by atoms with Crippen molar-refractivity contribution in [2.24, 2.45) is 0 Å². The third-order valence-electron chi connectivity index (χ3n) is 6.41. The molecule has 10 heteroatoms. The predicted molar refractivity (Wildman–Crippen MR) is 137 cm³/mol. The van der Waals surface area contributed by atoms with Gasteiger partial charge in [0.25, 0.3) is 0 Å². The number of carbonyl (C=O) groups excluding carboxylic acids is 2. The Morgan fingerprint density at radius 3 is 2.75 bits per heavy atom. The van der Waals surface area contributed by atoms with Gasteiger partial charge in [-0.05, 0) is 55.7 Å². The van der Waals surface area contributed by atoms with Crippen molar-refractivity contribution in [2.75, 3.05) is 29.9 Å². The average Bonchev–Trinajstić information content (AvgIpc) is 3.26. The standard InChI is InChI=1S/C26H26ClFN6O2/c1-16-14-17(28)9-10-18(16)23-19-15-30-26(36)34(21-7-3-2-6-20(21)27)24(19)32-25(31-23)29-11-5-13-33-12-4-8-22(33)35/h2-3,6-7,9-10,14H,4-5,8,11-13,15H2,1H3,(H,30,36)(H,29,31,32). The van der Waals surface area contributed by atoms with E-state index in [1.54, 1.807) is 30.3 Å². The van der Waals surface area contributed by atoms with E-state index in [0.717, 1.165) is 30.5 Å². The number of carbonyl (C=O) groups is 2. The molecule has 0 spiro atoms. The van der Waals surface area contributed by atoms with Crippen molar-refractivity contribution in [2.45, 2.75) is 32.7 Å². The van der Waals surface area contributed by atoms with Crippen LogP contribution >= 0.6 is 11.6 Å². The number of fused-ring (bicyclic) bond motifs is 1. The summed E-state index contributed by atoms with van der Waals surface area (Å²) in [5, 5.41) is 6.53. The molecule has 1 aromatic heterocycles. The second-order valence-electron chi connectivity index (χ2n) is 8.87. The van der Waals surface area contributed by atoms with Gasteiger partial charge in [-0.2, -0.15) is 4.98 Å². The Bertz CT molecular complexity index is 1330. The molecule has 2 aliphatic rings. The molecular formula is C26H26ClFN6O2. The number of aryl methyl sites for hydroxylation is 1. The number of rotatable bonds is 7. The highest BCUT2D eigenvalue weighted by molar-refractivity contribution is 6.34. The molecule has 5 rings (SSSR count). The minimum Gasteiger partial charge on any atom is -0.354 e. The summed E-state index contributed by atoms with van der Waals surface area (Å²) in [5.74, 6) is 0.611. The van der Waals surface area contributed by atoms with Crippen molar-refractivity contribution >= 4 is 41.0 Å². The molecule has 36 heavy (non-hydrogen) atoms. The number of hydrogen-bond donors (Lipinski definition) is 2. The van der Waals surface area contributed by atoms with Gasteiger partial charge in [-0.1, -0.05) is 23.7 Å². The highest BCUT2D eigenvalue weighted by Gasteiger charge is 2.32. The van der Waals surface area contributed by atoms with Crippen LogP contribution in [0.1, 0.15) is 30.4 Å². The summed E-state index contributed by atoms with van der Waals surface area (Å²) in [6.45, 7) is 4.04. The second-order valence-corrected chi connectivity index (χ2v) is 9.27. The number of para-hydroxylation sites is 1. The molecule has 3 heterocycles. The zero-order chi connectivity index (χ0) is 25.2. The fourth-order valence-corrected chi connectivity index (χ4v) is 4.84. The number of nitrogens with zero attached hydrogens (tertiary/aromatic N) is 4. The van der Waals surface area contributed by atoms with Crippen LogP contribution in [0.15, 0.2) is 42.5 Å². The van der Waals surface area contributed by atoms with E-state index in [0.29, 0.717) is 53.2 Å². The largest absolute Gasteiger partial charge is 0.354 e. The molecule has 0 aliphatic carbocycles. The van der Waals surface area contributed by atoms with Gasteiger partial charge in [0.05, 0.1) is 22.9 Å². The molecule has 3 aromatic rings. The minimum atomic E-state index is -0.352. The van der Waals surface area contributed by atoms with E-state index in [-0.39, 0.29) is 24.3 Å². The lowest BCUT2D eigenvalue weighted by Gasteiger charge is -2.31. The average molecular weight is 509 g/mol. The molecule has 0 radical (unpaired) electrons. The van der Waals surface area contributed by atoms with E-state index >= 15 is 0 Å². The highest BCUT2D eigenvalue weighted by atomic mass is 35.5. The van der Waals surface area contributed by atoms with Crippen LogP contribution in [0.3, 0.4) is 0 Å². The van der Waals surface area contributed by atoms with Gasteiger partial charge in [0.15, 0.2) is 5.82 Å². The molecule has 1 saturated heterocycles. The van der Waals surface area contributed by atoms with E-state index in [1.165, 1.54) is 17.0 Å². The number of urea groups is 1. The zero-order valence-corrected chi connectivity index (χ0v) is 20.6. The monoisotopic (exact) mass is 508 g/mol. The summed E-state index contributed by atoms with van der Waals surface area (Å²) in [4.78, 5) is 37.7. The molecular weight excluding hydrogens is 483 g/mol. The zero-order valence-electron chi connectivity index (χ0n) is 19.9. The maximum atomic E-state index is 13.9. The number of nitrogens with one attached hydrogen (secondary N) is 2. The number of hydrogen-bond acceptors (Lipinski definition) is 5. The Kier molecular flexibility index (Phi) is 6.73. The quantitative estimate of drug-likeness (QED) is 0.437. The van der Waals surface area contributed by atoms with Gasteiger partial charge in [-0.3, -0.25) is 4.79 Å². The van der Waals surface area contributed by atoms with Gasteiger partial charge in [-0.25, -0.2) is 19.1 Å². The smallest absolute Gasteiger partial charge is 0.328 e. The molecule has 2 aromatic carbocycles. The Balaban J connectivity index is 1.53. The molecule has 0 unspecified atom stereocenters. The van der Waals surface area contributed by atoms with Gasteiger partial charge in [0, 0.05) is 37.2 Å². The van der Waals surface area contributed by atoms with Crippen molar-refractivity contribution in [3.63, 3.8) is 0 Å². The Morgan fingerprint density at radius 2 is 2.00 bits per heavy atom. The lowest BCUT2D eigenvalue weighted by molar-refractivity contribution is -0.127. The Hall–Kier alpha value is -3.72. The molecule has 186 valence electrons. The number of anilines is 3. The molecule has 0 atom stereocenters. The number of amides is 3. The van der Waals surface area contributed by atoms with Crippen molar-refractivity contribution in [1.29, 1.82) is 0 Å². The van der Waals surface area contributed by atoms with Crippen LogP contribution in [-0.4, -0.2) is 46.4 Å². The van der Waals surface area contributed by atoms with Crippen molar-refractivity contribution in [1.82, 2.24) is 20.2 Å². The van der Waals surface area contributed by atoms with E-state index in [2.05, 4.69) is 10.6 Å². The first-order valence-corrected chi connectivity index (χ1v) is 12.3. The topological polar surface area (TPSA) is 90.5 Å². The third-order valence-corrected chi connectivity index (χ3v) is 6.73. The van der Waals surface area contributed by atoms with Gasteiger partial charge in [0.2, 0.25) is 11.9 Å². The maximum Gasteiger partial charge on any atom is 0.328 e. The summed E-state index contributed by atoms with van der Waals surface area (Å²) in [6, 6.07) is 11.2.